The minimum Gasteiger partial charge on any atom is -0.385 e. The Bertz CT molecular complexity index is 613. The summed E-state index contributed by atoms with van der Waals surface area (Å²) in [4.78, 5) is 37.9. The fourth-order valence-electron chi connectivity index (χ4n) is 2.47. The van der Waals surface area contributed by atoms with Crippen LogP contribution in [0.2, 0.25) is 0 Å². The van der Waals surface area contributed by atoms with Crippen molar-refractivity contribution in [2.24, 2.45) is 0 Å². The van der Waals surface area contributed by atoms with E-state index >= 15 is 0 Å². The van der Waals surface area contributed by atoms with E-state index < -0.39 is 0 Å². The zero-order valence-electron chi connectivity index (χ0n) is 13.6. The molecule has 1 heterocycles. The summed E-state index contributed by atoms with van der Waals surface area (Å²) in [5.41, 5.74) is 1.08. The standard InChI is InChI=1S/C17H22N2O4/c1-3-4-9-19-16(21)13-7-6-12(11-14(13)17(19)22)15(20)18-8-5-10-23-2/h6-7,11H,3-5,8-10H2,1-2H3,(H,18,20). The molecule has 124 valence electrons. The molecule has 0 saturated heterocycles. The number of amides is 3. The zero-order valence-corrected chi connectivity index (χ0v) is 13.6. The molecular formula is C17H22N2O4. The van der Waals surface area contributed by atoms with Gasteiger partial charge in [-0.2, -0.15) is 0 Å². The van der Waals surface area contributed by atoms with Gasteiger partial charge < -0.3 is 10.1 Å². The highest BCUT2D eigenvalue weighted by atomic mass is 16.5. The Morgan fingerprint density at radius 1 is 1.17 bits per heavy atom. The second-order valence-corrected chi connectivity index (χ2v) is 5.48. The monoisotopic (exact) mass is 318 g/mol. The summed E-state index contributed by atoms with van der Waals surface area (Å²) in [7, 11) is 1.61. The molecule has 0 fully saturated rings. The number of carbonyl (C=O) groups is 3. The second kappa shape index (κ2) is 7.87. The van der Waals surface area contributed by atoms with Crippen molar-refractivity contribution in [2.75, 3.05) is 26.8 Å². The SMILES string of the molecule is CCCCN1C(=O)c2ccc(C(=O)NCCCOC)cc2C1=O. The van der Waals surface area contributed by atoms with Gasteiger partial charge in [-0.25, -0.2) is 0 Å². The normalized spacial score (nSPS) is 13.4. The lowest BCUT2D eigenvalue weighted by Crippen LogP contribution is -2.30. The molecule has 2 rings (SSSR count). The summed E-state index contributed by atoms with van der Waals surface area (Å²) in [6, 6.07) is 4.65. The fraction of sp³-hybridized carbons (Fsp3) is 0.471. The van der Waals surface area contributed by atoms with E-state index in [0.717, 1.165) is 19.3 Å². The van der Waals surface area contributed by atoms with Crippen LogP contribution in [0, 0.1) is 0 Å². The van der Waals surface area contributed by atoms with Crippen LogP contribution in [0.3, 0.4) is 0 Å². The van der Waals surface area contributed by atoms with Crippen LogP contribution in [0.4, 0.5) is 0 Å². The van der Waals surface area contributed by atoms with Crippen molar-refractivity contribution >= 4 is 17.7 Å². The van der Waals surface area contributed by atoms with Crippen LogP contribution in [0.15, 0.2) is 18.2 Å². The van der Waals surface area contributed by atoms with E-state index in [1.807, 2.05) is 6.92 Å². The van der Waals surface area contributed by atoms with Gasteiger partial charge in [0.2, 0.25) is 0 Å². The third-order valence-corrected chi connectivity index (χ3v) is 3.78. The number of benzene rings is 1. The second-order valence-electron chi connectivity index (χ2n) is 5.48. The number of imide groups is 1. The summed E-state index contributed by atoms with van der Waals surface area (Å²) in [6.45, 7) is 3.49. The van der Waals surface area contributed by atoms with E-state index in [1.54, 1.807) is 19.2 Å². The summed E-state index contributed by atoms with van der Waals surface area (Å²) in [5.74, 6) is -0.839. The number of nitrogens with zero attached hydrogens (tertiary/aromatic N) is 1. The van der Waals surface area contributed by atoms with Crippen molar-refractivity contribution < 1.29 is 19.1 Å². The van der Waals surface area contributed by atoms with Crippen LogP contribution in [-0.2, 0) is 4.74 Å². The van der Waals surface area contributed by atoms with Gasteiger partial charge in [0.25, 0.3) is 17.7 Å². The highest BCUT2D eigenvalue weighted by Crippen LogP contribution is 2.24. The van der Waals surface area contributed by atoms with E-state index in [-0.39, 0.29) is 17.7 Å². The van der Waals surface area contributed by atoms with Crippen LogP contribution >= 0.6 is 0 Å². The molecule has 1 N–H and O–H groups in total. The summed E-state index contributed by atoms with van der Waals surface area (Å²) in [6.07, 6.45) is 2.40. The first-order chi connectivity index (χ1) is 11.1. The molecule has 6 nitrogen and oxygen atoms in total. The van der Waals surface area contributed by atoms with Gasteiger partial charge in [-0.05, 0) is 31.0 Å². The van der Waals surface area contributed by atoms with Crippen molar-refractivity contribution in [3.05, 3.63) is 34.9 Å². The summed E-state index contributed by atoms with van der Waals surface area (Å²) >= 11 is 0. The van der Waals surface area contributed by atoms with Gasteiger partial charge in [-0.15, -0.1) is 0 Å². The molecule has 1 aromatic carbocycles. The molecule has 6 heteroatoms. The Kier molecular flexibility index (Phi) is 5.87. The van der Waals surface area contributed by atoms with E-state index in [4.69, 9.17) is 4.74 Å². The van der Waals surface area contributed by atoms with Crippen molar-refractivity contribution in [1.29, 1.82) is 0 Å². The number of ether oxygens (including phenoxy) is 1. The maximum absolute atomic E-state index is 12.3. The molecule has 0 saturated carbocycles. The van der Waals surface area contributed by atoms with Crippen molar-refractivity contribution in [2.45, 2.75) is 26.2 Å². The number of hydrogen-bond donors (Lipinski definition) is 1. The van der Waals surface area contributed by atoms with E-state index in [2.05, 4.69) is 5.32 Å². The highest BCUT2D eigenvalue weighted by molar-refractivity contribution is 6.22. The first-order valence-corrected chi connectivity index (χ1v) is 7.87. The van der Waals surface area contributed by atoms with E-state index in [1.165, 1.54) is 11.0 Å². The lowest BCUT2D eigenvalue weighted by Gasteiger charge is -2.12. The van der Waals surface area contributed by atoms with Crippen LogP contribution in [0.1, 0.15) is 57.3 Å². The molecule has 23 heavy (non-hydrogen) atoms. The maximum atomic E-state index is 12.3. The largest absolute Gasteiger partial charge is 0.385 e. The van der Waals surface area contributed by atoms with Gasteiger partial charge in [0.15, 0.2) is 0 Å². The van der Waals surface area contributed by atoms with Gasteiger partial charge in [0.05, 0.1) is 11.1 Å². The lowest BCUT2D eigenvalue weighted by atomic mass is 10.1. The molecule has 0 bridgehead atoms. The van der Waals surface area contributed by atoms with E-state index in [9.17, 15) is 14.4 Å². The number of methoxy groups -OCH3 is 1. The summed E-state index contributed by atoms with van der Waals surface area (Å²) < 4.78 is 4.92. The number of nitrogens with one attached hydrogen (secondary N) is 1. The minimum atomic E-state index is -0.313. The maximum Gasteiger partial charge on any atom is 0.261 e. The molecular weight excluding hydrogens is 296 g/mol. The van der Waals surface area contributed by atoms with Crippen molar-refractivity contribution in [3.8, 4) is 0 Å². The highest BCUT2D eigenvalue weighted by Gasteiger charge is 2.35. The number of unbranched alkanes of at least 4 members (excludes halogenated alkanes) is 1. The third-order valence-electron chi connectivity index (χ3n) is 3.78. The molecule has 0 radical (unpaired) electrons. The molecule has 1 aliphatic heterocycles. The van der Waals surface area contributed by atoms with Gasteiger partial charge in [0, 0.05) is 32.4 Å². The third kappa shape index (κ3) is 3.76. The van der Waals surface area contributed by atoms with Gasteiger partial charge in [0.1, 0.15) is 0 Å². The zero-order chi connectivity index (χ0) is 16.8. The number of hydrogen-bond acceptors (Lipinski definition) is 4. The quantitative estimate of drug-likeness (QED) is 0.586. The average molecular weight is 318 g/mol. The first-order valence-electron chi connectivity index (χ1n) is 7.87. The molecule has 0 unspecified atom stereocenters. The lowest BCUT2D eigenvalue weighted by molar-refractivity contribution is 0.0652. The number of carbonyl (C=O) groups excluding carboxylic acids is 3. The molecule has 0 atom stereocenters. The summed E-state index contributed by atoms with van der Waals surface area (Å²) in [5, 5.41) is 2.77. The van der Waals surface area contributed by atoms with Crippen molar-refractivity contribution in [3.63, 3.8) is 0 Å². The molecule has 1 aromatic rings. The Hall–Kier alpha value is -2.21. The minimum absolute atomic E-state index is 0.254. The van der Waals surface area contributed by atoms with Gasteiger partial charge in [-0.3, -0.25) is 19.3 Å². The Balaban J connectivity index is 2.09. The Labute approximate surface area is 135 Å². The number of fused-ring (bicyclic) bond motifs is 1. The Morgan fingerprint density at radius 2 is 1.91 bits per heavy atom. The topological polar surface area (TPSA) is 75.7 Å². The van der Waals surface area contributed by atoms with Crippen LogP contribution in [-0.4, -0.2) is 49.4 Å². The molecule has 0 aromatic heterocycles. The van der Waals surface area contributed by atoms with Gasteiger partial charge >= 0.3 is 0 Å². The van der Waals surface area contributed by atoms with Crippen LogP contribution in [0.25, 0.3) is 0 Å². The predicted octanol–water partition coefficient (Wildman–Crippen LogP) is 1.85. The fourth-order valence-corrected chi connectivity index (χ4v) is 2.47. The smallest absolute Gasteiger partial charge is 0.261 e. The van der Waals surface area contributed by atoms with Crippen LogP contribution in [0.5, 0.6) is 0 Å². The predicted molar refractivity (Wildman–Crippen MR) is 85.5 cm³/mol. The van der Waals surface area contributed by atoms with Crippen molar-refractivity contribution in [1.82, 2.24) is 10.2 Å². The average Bonchev–Trinajstić information content (AvgIpc) is 2.80. The Morgan fingerprint density at radius 3 is 2.61 bits per heavy atom. The molecule has 0 spiro atoms. The molecule has 3 amide bonds. The molecule has 0 aliphatic carbocycles. The van der Waals surface area contributed by atoms with E-state index in [0.29, 0.717) is 36.4 Å². The molecule has 1 aliphatic rings. The van der Waals surface area contributed by atoms with Gasteiger partial charge in [-0.1, -0.05) is 13.3 Å². The first kappa shape index (κ1) is 17.1. The van der Waals surface area contributed by atoms with Crippen LogP contribution < -0.4 is 5.32 Å². The number of rotatable bonds is 8.